The fourth-order valence-corrected chi connectivity index (χ4v) is 0.766. The lowest BCUT2D eigenvalue weighted by atomic mass is 10.4. The van der Waals surface area contributed by atoms with Crippen LogP contribution in [0, 0.1) is 0 Å². The van der Waals surface area contributed by atoms with Crippen LogP contribution in [0.3, 0.4) is 0 Å². The lowest BCUT2D eigenvalue weighted by molar-refractivity contribution is -0.125. The normalized spacial score (nSPS) is 24.2. The number of rotatable bonds is 1. The molecule has 0 radical (unpaired) electrons. The van der Waals surface area contributed by atoms with Crippen LogP contribution in [-0.2, 0) is 4.79 Å². The number of hydrogen-bond donors (Lipinski definition) is 0. The van der Waals surface area contributed by atoms with E-state index in [0.29, 0.717) is 13.0 Å². The van der Waals surface area contributed by atoms with Gasteiger partial charge in [-0.2, -0.15) is 0 Å². The van der Waals surface area contributed by atoms with E-state index in [4.69, 9.17) is 4.11 Å². The van der Waals surface area contributed by atoms with Crippen LogP contribution in [0.15, 0.2) is 12.7 Å². The molecule has 1 rings (SSSR count). The molecule has 1 fully saturated rings. The zero-order valence-corrected chi connectivity index (χ0v) is 4.48. The Morgan fingerprint density at radius 1 is 2.12 bits per heavy atom. The maximum absolute atomic E-state index is 10.9. The molecule has 0 aromatic carbocycles. The smallest absolute Gasteiger partial charge is 0.226 e. The fourth-order valence-electron chi connectivity index (χ4n) is 0.766. The van der Waals surface area contributed by atoms with Gasteiger partial charge in [0.2, 0.25) is 5.91 Å². The number of carbonyl (C=O) groups is 1. The highest BCUT2D eigenvalue weighted by Crippen LogP contribution is 2.08. The molecule has 1 aliphatic rings. The number of likely N-dealkylation sites (tertiary alicyclic amines) is 1. The van der Waals surface area contributed by atoms with Gasteiger partial charge in [0, 0.05) is 13.0 Å². The summed E-state index contributed by atoms with van der Waals surface area (Å²) in [4.78, 5) is 12.1. The Morgan fingerprint density at radius 3 is 3.50 bits per heavy atom. The van der Waals surface area contributed by atoms with Crippen LogP contribution < -0.4 is 0 Å². The van der Waals surface area contributed by atoms with Gasteiger partial charge in [0.1, 0.15) is 0 Å². The van der Waals surface area contributed by atoms with Gasteiger partial charge in [-0.3, -0.25) is 4.79 Å². The lowest BCUT2D eigenvalue weighted by Gasteiger charge is -2.05. The molecule has 8 heavy (non-hydrogen) atoms. The Balaban J connectivity index is 2.75. The molecule has 0 aromatic heterocycles. The summed E-state index contributed by atoms with van der Waals surface area (Å²) in [6.07, 6.45) is 0.886. The van der Waals surface area contributed by atoms with Crippen molar-refractivity contribution in [3.05, 3.63) is 12.7 Å². The summed E-state index contributed by atoms with van der Waals surface area (Å²) in [7, 11) is 0. The summed E-state index contributed by atoms with van der Waals surface area (Å²) >= 11 is 0. The van der Waals surface area contributed by atoms with E-state index in [9.17, 15) is 4.79 Å². The second-order valence-corrected chi connectivity index (χ2v) is 1.76. The van der Waals surface area contributed by atoms with Gasteiger partial charge in [-0.25, -0.2) is 0 Å². The van der Waals surface area contributed by atoms with Crippen LogP contribution in [0.25, 0.3) is 0 Å². The van der Waals surface area contributed by atoms with Gasteiger partial charge in [-0.1, -0.05) is 6.53 Å². The maximum atomic E-state index is 10.9. The Kier molecular flexibility index (Phi) is 0.663. The van der Waals surface area contributed by atoms with Crippen molar-refractivity contribution in [1.82, 2.24) is 4.90 Å². The third-order valence-electron chi connectivity index (χ3n) is 1.21. The Labute approximate surface area is 53.0 Å². The molecule has 44 valence electrons. The molecule has 0 bridgehead atoms. The Hall–Kier alpha value is -0.790. The third kappa shape index (κ3) is 0.735. The minimum absolute atomic E-state index is 0.146. The van der Waals surface area contributed by atoms with E-state index < -0.39 is 6.53 Å². The molecule has 2 nitrogen and oxygen atoms in total. The summed E-state index contributed by atoms with van der Waals surface area (Å²) < 4.78 is 20.8. The third-order valence-corrected chi connectivity index (χ3v) is 1.21. The van der Waals surface area contributed by atoms with E-state index in [0.717, 1.165) is 6.42 Å². The quantitative estimate of drug-likeness (QED) is 0.492. The molecule has 0 N–H and O–H groups in total. The number of hydrogen-bond acceptors (Lipinski definition) is 1. The van der Waals surface area contributed by atoms with Crippen molar-refractivity contribution in [2.45, 2.75) is 12.8 Å². The first-order valence-electron chi connectivity index (χ1n) is 4.07. The molecule has 1 amide bonds. The Morgan fingerprint density at radius 2 is 3.00 bits per heavy atom. The first-order valence-corrected chi connectivity index (χ1v) is 2.57. The average Bonchev–Trinajstić information content (AvgIpc) is 2.33. The van der Waals surface area contributed by atoms with Crippen LogP contribution in [0.4, 0.5) is 0 Å². The molecule has 2 heteroatoms. The lowest BCUT2D eigenvalue weighted by Crippen LogP contribution is -2.16. The molecular weight excluding hydrogens is 102 g/mol. The van der Waals surface area contributed by atoms with Crippen LogP contribution in [0.2, 0.25) is 0 Å². The number of amides is 1. The monoisotopic (exact) mass is 114 g/mol. The minimum atomic E-state index is -0.597. The van der Waals surface area contributed by atoms with Crippen molar-refractivity contribution in [1.29, 1.82) is 0 Å². The molecule has 1 aliphatic heterocycles. The van der Waals surface area contributed by atoms with Gasteiger partial charge in [-0.05, 0) is 12.6 Å². The van der Waals surface area contributed by atoms with Crippen molar-refractivity contribution in [2.24, 2.45) is 0 Å². The topological polar surface area (TPSA) is 20.3 Å². The molecule has 0 aromatic rings. The zero-order valence-electron chi connectivity index (χ0n) is 7.48. The Bertz CT molecular complexity index is 210. The molecule has 0 saturated carbocycles. The SMILES string of the molecule is [2H]C([2H])=C([2H])N1CCCC1=O. The van der Waals surface area contributed by atoms with Gasteiger partial charge in [0.25, 0.3) is 0 Å². The predicted octanol–water partition coefficient (Wildman–Crippen LogP) is 0.752. The van der Waals surface area contributed by atoms with Crippen molar-refractivity contribution >= 4 is 5.91 Å². The molecule has 1 saturated heterocycles. The molecular formula is C6H9NO. The van der Waals surface area contributed by atoms with E-state index >= 15 is 0 Å². The van der Waals surface area contributed by atoms with Gasteiger partial charge >= 0.3 is 0 Å². The van der Waals surface area contributed by atoms with Crippen molar-refractivity contribution in [2.75, 3.05) is 6.54 Å². The van der Waals surface area contributed by atoms with Gasteiger partial charge in [0.15, 0.2) is 0 Å². The number of nitrogens with zero attached hydrogens (tertiary/aromatic N) is 1. The maximum Gasteiger partial charge on any atom is 0.226 e. The van der Waals surface area contributed by atoms with E-state index in [1.165, 1.54) is 4.90 Å². The van der Waals surface area contributed by atoms with Crippen LogP contribution in [0.5, 0.6) is 0 Å². The summed E-state index contributed by atoms with van der Waals surface area (Å²) in [6, 6.07) is 0. The largest absolute Gasteiger partial charge is 0.320 e. The molecule has 1 heterocycles. The van der Waals surface area contributed by atoms with Crippen molar-refractivity contribution < 1.29 is 8.91 Å². The highest BCUT2D eigenvalue weighted by Gasteiger charge is 2.15. The van der Waals surface area contributed by atoms with Crippen molar-refractivity contribution in [3.63, 3.8) is 0 Å². The highest BCUT2D eigenvalue weighted by molar-refractivity contribution is 5.78. The van der Waals surface area contributed by atoms with E-state index in [-0.39, 0.29) is 12.1 Å². The summed E-state index contributed by atoms with van der Waals surface area (Å²) in [5.74, 6) is -0.146. The fraction of sp³-hybridized carbons (Fsp3) is 0.500. The molecule has 0 spiro atoms. The first-order chi connectivity index (χ1) is 5.13. The van der Waals surface area contributed by atoms with Gasteiger partial charge < -0.3 is 4.90 Å². The van der Waals surface area contributed by atoms with Crippen LogP contribution in [-0.4, -0.2) is 17.4 Å². The molecule has 0 atom stereocenters. The van der Waals surface area contributed by atoms with E-state index in [1.54, 1.807) is 0 Å². The second-order valence-electron chi connectivity index (χ2n) is 1.76. The predicted molar refractivity (Wildman–Crippen MR) is 31.1 cm³/mol. The first kappa shape index (κ1) is 2.67. The summed E-state index contributed by atoms with van der Waals surface area (Å²) in [5.41, 5.74) is 0. The van der Waals surface area contributed by atoms with Crippen LogP contribution in [0.1, 0.15) is 17.0 Å². The standard InChI is InChI=1S/C6H9NO/c1-2-7-5-3-4-6(7)8/h2H,1,3-5H2/i1D2,2D. The van der Waals surface area contributed by atoms with Crippen LogP contribution >= 0.6 is 0 Å². The zero-order chi connectivity index (χ0) is 8.43. The minimum Gasteiger partial charge on any atom is -0.320 e. The molecule has 0 aliphatic carbocycles. The summed E-state index contributed by atoms with van der Waals surface area (Å²) in [6.45, 7) is -0.112. The summed E-state index contributed by atoms with van der Waals surface area (Å²) in [5, 5.41) is 0. The number of carbonyl (C=O) groups excluding carboxylic acids is 1. The van der Waals surface area contributed by atoms with Gasteiger partial charge in [-0.15, -0.1) is 0 Å². The van der Waals surface area contributed by atoms with Gasteiger partial charge in [0.05, 0.1) is 4.11 Å². The molecule has 0 unspecified atom stereocenters. The van der Waals surface area contributed by atoms with Crippen molar-refractivity contribution in [3.8, 4) is 0 Å². The van der Waals surface area contributed by atoms with E-state index in [1.807, 2.05) is 0 Å². The highest BCUT2D eigenvalue weighted by atomic mass is 16.2. The van der Waals surface area contributed by atoms with E-state index in [2.05, 4.69) is 0 Å². The average molecular weight is 114 g/mol. The second kappa shape index (κ2) is 1.99.